The summed E-state index contributed by atoms with van der Waals surface area (Å²) in [6, 6.07) is 12.5. The standard InChI is InChI=1S/C15H11N3O3/c16-9-5-7-10(8-6-9)18-14(20)13(19)11-3-1-2-4-12(11)17-15(18)21/h1-8H,16H2,(H,17,21). The first kappa shape index (κ1) is 12.9. The van der Waals surface area contributed by atoms with Gasteiger partial charge in [0.1, 0.15) is 0 Å². The second kappa shape index (κ2) is 4.75. The zero-order valence-electron chi connectivity index (χ0n) is 10.9. The number of para-hydroxylation sites is 1. The second-order valence-corrected chi connectivity index (χ2v) is 4.54. The molecule has 0 aliphatic carbocycles. The average Bonchev–Trinajstić information content (AvgIpc) is 2.57. The van der Waals surface area contributed by atoms with Crippen LogP contribution < -0.4 is 22.4 Å². The lowest BCUT2D eigenvalue weighted by Gasteiger charge is -2.00. The van der Waals surface area contributed by atoms with Crippen LogP contribution in [-0.2, 0) is 0 Å². The van der Waals surface area contributed by atoms with E-state index >= 15 is 0 Å². The summed E-state index contributed by atoms with van der Waals surface area (Å²) in [5, 5.41) is 0.175. The molecule has 0 atom stereocenters. The number of nitrogens with two attached hydrogens (primary N) is 1. The Kier molecular flexibility index (Phi) is 2.91. The van der Waals surface area contributed by atoms with Crippen LogP contribution in [0, 0.1) is 0 Å². The molecule has 0 bridgehead atoms. The largest absolute Gasteiger partial charge is 0.399 e. The lowest BCUT2D eigenvalue weighted by atomic mass is 10.2. The number of benzene rings is 2. The van der Waals surface area contributed by atoms with Gasteiger partial charge in [-0.3, -0.25) is 9.59 Å². The molecule has 0 aliphatic heterocycles. The molecule has 2 aromatic carbocycles. The number of anilines is 1. The SMILES string of the molecule is Nc1ccc(-n2c(=O)[nH]c3ccccc3c(=O)c2=O)cc1. The number of aromatic nitrogens is 2. The monoisotopic (exact) mass is 281 g/mol. The Morgan fingerprint density at radius 3 is 2.29 bits per heavy atom. The Hall–Kier alpha value is -3.15. The van der Waals surface area contributed by atoms with Crippen molar-refractivity contribution in [2.75, 3.05) is 5.73 Å². The highest BCUT2D eigenvalue weighted by molar-refractivity contribution is 5.77. The fourth-order valence-corrected chi connectivity index (χ4v) is 2.13. The van der Waals surface area contributed by atoms with E-state index in [1.807, 2.05) is 0 Å². The minimum Gasteiger partial charge on any atom is -0.399 e. The molecule has 0 saturated carbocycles. The van der Waals surface area contributed by atoms with Gasteiger partial charge in [-0.15, -0.1) is 0 Å². The van der Waals surface area contributed by atoms with E-state index in [1.54, 1.807) is 30.3 Å². The van der Waals surface area contributed by atoms with Gasteiger partial charge in [-0.1, -0.05) is 12.1 Å². The van der Waals surface area contributed by atoms with Gasteiger partial charge < -0.3 is 10.7 Å². The van der Waals surface area contributed by atoms with Gasteiger partial charge in [0.05, 0.1) is 16.6 Å². The van der Waals surface area contributed by atoms with Crippen molar-refractivity contribution in [3.63, 3.8) is 0 Å². The van der Waals surface area contributed by atoms with Gasteiger partial charge in [-0.2, -0.15) is 0 Å². The van der Waals surface area contributed by atoms with Crippen molar-refractivity contribution in [1.29, 1.82) is 0 Å². The highest BCUT2D eigenvalue weighted by Gasteiger charge is 2.09. The second-order valence-electron chi connectivity index (χ2n) is 4.54. The molecule has 0 fully saturated rings. The Bertz CT molecular complexity index is 1000. The van der Waals surface area contributed by atoms with E-state index in [-0.39, 0.29) is 11.1 Å². The minimum atomic E-state index is -0.901. The third kappa shape index (κ3) is 2.12. The van der Waals surface area contributed by atoms with Crippen LogP contribution in [0.4, 0.5) is 5.69 Å². The summed E-state index contributed by atoms with van der Waals surface area (Å²) in [6.07, 6.45) is 0. The molecule has 6 heteroatoms. The fourth-order valence-electron chi connectivity index (χ4n) is 2.13. The molecular formula is C15H11N3O3. The molecule has 3 aromatic rings. The van der Waals surface area contributed by atoms with Crippen molar-refractivity contribution in [3.8, 4) is 5.69 Å². The maximum absolute atomic E-state index is 12.3. The Morgan fingerprint density at radius 2 is 1.57 bits per heavy atom. The maximum Gasteiger partial charge on any atom is 0.333 e. The fraction of sp³-hybridized carbons (Fsp3) is 0. The smallest absolute Gasteiger partial charge is 0.333 e. The number of nitrogens with zero attached hydrogens (tertiary/aromatic N) is 1. The molecule has 6 nitrogen and oxygen atoms in total. The number of fused-ring (bicyclic) bond motifs is 1. The van der Waals surface area contributed by atoms with Crippen LogP contribution in [0.1, 0.15) is 0 Å². The van der Waals surface area contributed by atoms with Gasteiger partial charge in [0.15, 0.2) is 0 Å². The van der Waals surface area contributed by atoms with E-state index in [0.29, 0.717) is 11.2 Å². The highest BCUT2D eigenvalue weighted by Crippen LogP contribution is 2.07. The van der Waals surface area contributed by atoms with E-state index in [9.17, 15) is 14.4 Å². The molecule has 0 radical (unpaired) electrons. The third-order valence-electron chi connectivity index (χ3n) is 3.17. The van der Waals surface area contributed by atoms with Crippen LogP contribution in [0.2, 0.25) is 0 Å². The Balaban J connectivity index is 2.50. The number of hydrogen-bond acceptors (Lipinski definition) is 4. The Morgan fingerprint density at radius 1 is 0.905 bits per heavy atom. The maximum atomic E-state index is 12.3. The lowest BCUT2D eigenvalue weighted by molar-refractivity contribution is 0.904. The Labute approximate surface area is 118 Å². The number of hydrogen-bond donors (Lipinski definition) is 2. The molecule has 0 unspecified atom stereocenters. The molecule has 0 aliphatic rings. The van der Waals surface area contributed by atoms with E-state index in [0.717, 1.165) is 4.57 Å². The number of H-pyrrole nitrogens is 1. The minimum absolute atomic E-state index is 0.175. The predicted octanol–water partition coefficient (Wildman–Crippen LogP) is 0.621. The number of nitrogen functional groups attached to an aromatic ring is 1. The summed E-state index contributed by atoms with van der Waals surface area (Å²) >= 11 is 0. The van der Waals surface area contributed by atoms with Crippen LogP contribution in [0.5, 0.6) is 0 Å². The van der Waals surface area contributed by atoms with Gasteiger partial charge in [0.25, 0.3) is 5.43 Å². The van der Waals surface area contributed by atoms with Crippen LogP contribution >= 0.6 is 0 Å². The normalized spacial score (nSPS) is 10.7. The molecular weight excluding hydrogens is 270 g/mol. The highest BCUT2D eigenvalue weighted by atomic mass is 16.2. The molecule has 0 saturated heterocycles. The molecule has 21 heavy (non-hydrogen) atoms. The summed E-state index contributed by atoms with van der Waals surface area (Å²) in [5.74, 6) is 0. The summed E-state index contributed by atoms with van der Waals surface area (Å²) in [7, 11) is 0. The van der Waals surface area contributed by atoms with Gasteiger partial charge in [0.2, 0.25) is 0 Å². The third-order valence-corrected chi connectivity index (χ3v) is 3.17. The lowest BCUT2D eigenvalue weighted by Crippen LogP contribution is -2.37. The van der Waals surface area contributed by atoms with Gasteiger partial charge >= 0.3 is 11.2 Å². The summed E-state index contributed by atoms with van der Waals surface area (Å²) in [5.41, 5.74) is 4.37. The quantitative estimate of drug-likeness (QED) is 0.504. The van der Waals surface area contributed by atoms with Crippen molar-refractivity contribution in [2.45, 2.75) is 0 Å². The summed E-state index contributed by atoms with van der Waals surface area (Å²) in [4.78, 5) is 39.3. The molecule has 0 spiro atoms. The zero-order valence-corrected chi connectivity index (χ0v) is 10.9. The molecule has 0 amide bonds. The molecule has 3 N–H and O–H groups in total. The van der Waals surface area contributed by atoms with Crippen LogP contribution in [0.15, 0.2) is 62.9 Å². The van der Waals surface area contributed by atoms with E-state index in [4.69, 9.17) is 5.73 Å². The summed E-state index contributed by atoms with van der Waals surface area (Å²) < 4.78 is 0.807. The van der Waals surface area contributed by atoms with Gasteiger partial charge in [-0.25, -0.2) is 9.36 Å². The average molecular weight is 281 g/mol. The van der Waals surface area contributed by atoms with Gasteiger partial charge in [-0.05, 0) is 36.4 Å². The van der Waals surface area contributed by atoms with Gasteiger partial charge in [0, 0.05) is 5.69 Å². The topological polar surface area (TPSA) is 97.9 Å². The van der Waals surface area contributed by atoms with Crippen LogP contribution in [0.25, 0.3) is 16.6 Å². The van der Waals surface area contributed by atoms with Crippen LogP contribution in [0.3, 0.4) is 0 Å². The first-order valence-electron chi connectivity index (χ1n) is 6.22. The van der Waals surface area contributed by atoms with E-state index in [2.05, 4.69) is 4.98 Å². The van der Waals surface area contributed by atoms with Crippen LogP contribution in [-0.4, -0.2) is 9.55 Å². The first-order chi connectivity index (χ1) is 10.1. The number of rotatable bonds is 1. The van der Waals surface area contributed by atoms with Crippen molar-refractivity contribution in [3.05, 3.63) is 79.6 Å². The first-order valence-corrected chi connectivity index (χ1v) is 6.22. The van der Waals surface area contributed by atoms with E-state index < -0.39 is 16.7 Å². The molecule has 104 valence electrons. The van der Waals surface area contributed by atoms with Crippen molar-refractivity contribution in [1.82, 2.24) is 9.55 Å². The van der Waals surface area contributed by atoms with E-state index in [1.165, 1.54) is 18.2 Å². The predicted molar refractivity (Wildman–Crippen MR) is 80.8 cm³/mol. The number of nitrogens with one attached hydrogen (secondary N) is 1. The molecule has 1 aromatic heterocycles. The number of aromatic amines is 1. The van der Waals surface area contributed by atoms with Crippen molar-refractivity contribution < 1.29 is 0 Å². The molecule has 3 rings (SSSR count). The van der Waals surface area contributed by atoms with Crippen molar-refractivity contribution in [2.24, 2.45) is 0 Å². The zero-order chi connectivity index (χ0) is 15.0. The summed E-state index contributed by atoms with van der Waals surface area (Å²) in [6.45, 7) is 0. The molecule has 1 heterocycles. The van der Waals surface area contributed by atoms with Crippen molar-refractivity contribution >= 4 is 16.6 Å².